The van der Waals surface area contributed by atoms with Crippen molar-refractivity contribution in [2.45, 2.75) is 12.5 Å². The molecule has 0 radical (unpaired) electrons. The molecule has 3 rings (SSSR count). The summed E-state index contributed by atoms with van der Waals surface area (Å²) in [5.41, 5.74) is 0. The molecule has 1 atom stereocenters. The first-order valence-electron chi connectivity index (χ1n) is 7.12. The van der Waals surface area contributed by atoms with E-state index in [1.54, 1.807) is 0 Å². The van der Waals surface area contributed by atoms with Gasteiger partial charge in [-0.05, 0) is 11.4 Å². The summed E-state index contributed by atoms with van der Waals surface area (Å²) in [5.74, 6) is 1.43. The molecule has 6 nitrogen and oxygen atoms in total. The minimum absolute atomic E-state index is 0.0196. The summed E-state index contributed by atoms with van der Waals surface area (Å²) in [7, 11) is 3.84. The number of nitrogens with zero attached hydrogens (tertiary/aromatic N) is 4. The molecule has 7 heteroatoms. The molecular weight excluding hydrogens is 300 g/mol. The molecular formula is C15H18N4O2S. The number of rotatable bonds is 4. The van der Waals surface area contributed by atoms with Crippen LogP contribution >= 0.6 is 11.3 Å². The Bertz CT molecular complexity index is 645. The van der Waals surface area contributed by atoms with Crippen LogP contribution < -0.4 is 9.64 Å². The average Bonchev–Trinajstić information content (AvgIpc) is 3.18. The van der Waals surface area contributed by atoms with E-state index in [-0.39, 0.29) is 12.0 Å². The van der Waals surface area contributed by atoms with Crippen molar-refractivity contribution in [3.8, 4) is 5.88 Å². The van der Waals surface area contributed by atoms with E-state index < -0.39 is 0 Å². The summed E-state index contributed by atoms with van der Waals surface area (Å²) in [5, 5.41) is 1.92. The van der Waals surface area contributed by atoms with Crippen LogP contribution in [0.15, 0.2) is 29.9 Å². The van der Waals surface area contributed by atoms with Gasteiger partial charge in [0.1, 0.15) is 18.2 Å². The molecule has 1 aliphatic rings. The molecule has 0 N–H and O–H groups in total. The summed E-state index contributed by atoms with van der Waals surface area (Å²) in [6.07, 6.45) is 2.29. The highest BCUT2D eigenvalue weighted by molar-refractivity contribution is 7.12. The van der Waals surface area contributed by atoms with E-state index in [9.17, 15) is 4.79 Å². The second kappa shape index (κ2) is 6.31. The van der Waals surface area contributed by atoms with Gasteiger partial charge in [-0.15, -0.1) is 11.3 Å². The summed E-state index contributed by atoms with van der Waals surface area (Å²) < 4.78 is 5.90. The zero-order valence-electron chi connectivity index (χ0n) is 12.6. The predicted molar refractivity (Wildman–Crippen MR) is 85.6 cm³/mol. The third kappa shape index (κ3) is 3.19. The van der Waals surface area contributed by atoms with E-state index in [1.807, 2.05) is 47.5 Å². The van der Waals surface area contributed by atoms with Gasteiger partial charge in [0, 0.05) is 33.1 Å². The van der Waals surface area contributed by atoms with Crippen molar-refractivity contribution in [2.24, 2.45) is 0 Å². The summed E-state index contributed by atoms with van der Waals surface area (Å²) in [4.78, 5) is 25.1. The van der Waals surface area contributed by atoms with Crippen molar-refractivity contribution in [1.29, 1.82) is 0 Å². The van der Waals surface area contributed by atoms with Crippen molar-refractivity contribution in [2.75, 3.05) is 32.1 Å². The molecule has 1 fully saturated rings. The molecule has 22 heavy (non-hydrogen) atoms. The lowest BCUT2D eigenvalue weighted by Crippen LogP contribution is -2.30. The molecule has 1 unspecified atom stereocenters. The van der Waals surface area contributed by atoms with Crippen LogP contribution in [0.4, 0.5) is 5.82 Å². The Morgan fingerprint density at radius 2 is 2.32 bits per heavy atom. The number of amides is 1. The van der Waals surface area contributed by atoms with Crippen LogP contribution in [-0.4, -0.2) is 54.1 Å². The molecule has 0 saturated carbocycles. The van der Waals surface area contributed by atoms with Crippen LogP contribution in [0.25, 0.3) is 0 Å². The average molecular weight is 318 g/mol. The molecule has 3 heterocycles. The Kier molecular flexibility index (Phi) is 4.24. The van der Waals surface area contributed by atoms with Crippen LogP contribution in [0.3, 0.4) is 0 Å². The number of likely N-dealkylation sites (tertiary alicyclic amines) is 1. The lowest BCUT2D eigenvalue weighted by Gasteiger charge is -2.17. The first-order valence-corrected chi connectivity index (χ1v) is 8.00. The highest BCUT2D eigenvalue weighted by atomic mass is 32.1. The van der Waals surface area contributed by atoms with E-state index in [0.717, 1.165) is 17.1 Å². The fourth-order valence-corrected chi connectivity index (χ4v) is 3.07. The van der Waals surface area contributed by atoms with Gasteiger partial charge in [-0.25, -0.2) is 9.97 Å². The molecule has 2 aromatic heterocycles. The number of hydrogen-bond acceptors (Lipinski definition) is 6. The van der Waals surface area contributed by atoms with Gasteiger partial charge < -0.3 is 14.5 Å². The smallest absolute Gasteiger partial charge is 0.264 e. The standard InChI is InChI=1S/C15H18N4O2S/c1-18(2)13-8-14(17-10-16-13)21-11-5-6-19(9-11)15(20)12-4-3-7-22-12/h3-4,7-8,10-11H,5-6,9H2,1-2H3. The molecule has 0 aromatic carbocycles. The molecule has 0 aliphatic carbocycles. The first kappa shape index (κ1) is 14.8. The van der Waals surface area contributed by atoms with E-state index in [0.29, 0.717) is 19.0 Å². The van der Waals surface area contributed by atoms with Crippen LogP contribution in [-0.2, 0) is 0 Å². The normalized spacial score (nSPS) is 17.5. The van der Waals surface area contributed by atoms with Crippen molar-refractivity contribution in [3.05, 3.63) is 34.8 Å². The zero-order chi connectivity index (χ0) is 15.5. The fourth-order valence-electron chi connectivity index (χ4n) is 2.37. The molecule has 0 bridgehead atoms. The lowest BCUT2D eigenvalue weighted by atomic mass is 10.3. The molecule has 1 saturated heterocycles. The Labute approximate surface area is 133 Å². The predicted octanol–water partition coefficient (Wildman–Crippen LogP) is 1.90. The summed E-state index contributed by atoms with van der Waals surface area (Å²) in [6.45, 7) is 1.31. The van der Waals surface area contributed by atoms with Crippen molar-refractivity contribution >= 4 is 23.1 Å². The topological polar surface area (TPSA) is 58.6 Å². The second-order valence-electron chi connectivity index (χ2n) is 5.37. The SMILES string of the molecule is CN(C)c1cc(OC2CCN(C(=O)c3cccs3)C2)ncn1. The Morgan fingerprint density at radius 1 is 1.45 bits per heavy atom. The minimum atomic E-state index is -0.0196. The second-order valence-corrected chi connectivity index (χ2v) is 6.31. The fraction of sp³-hybridized carbons (Fsp3) is 0.400. The Hall–Kier alpha value is -2.15. The number of aromatic nitrogens is 2. The number of anilines is 1. The Morgan fingerprint density at radius 3 is 3.05 bits per heavy atom. The van der Waals surface area contributed by atoms with Crippen molar-refractivity contribution in [1.82, 2.24) is 14.9 Å². The highest BCUT2D eigenvalue weighted by Crippen LogP contribution is 2.21. The van der Waals surface area contributed by atoms with Crippen molar-refractivity contribution < 1.29 is 9.53 Å². The van der Waals surface area contributed by atoms with Gasteiger partial charge in [0.2, 0.25) is 5.88 Å². The van der Waals surface area contributed by atoms with Crippen molar-refractivity contribution in [3.63, 3.8) is 0 Å². The number of ether oxygens (including phenoxy) is 1. The van der Waals surface area contributed by atoms with Gasteiger partial charge >= 0.3 is 0 Å². The largest absolute Gasteiger partial charge is 0.472 e. The zero-order valence-corrected chi connectivity index (χ0v) is 13.4. The Balaban J connectivity index is 1.61. The maximum Gasteiger partial charge on any atom is 0.264 e. The van der Waals surface area contributed by atoms with Gasteiger partial charge in [0.15, 0.2) is 0 Å². The number of carbonyl (C=O) groups excluding carboxylic acids is 1. The maximum atomic E-state index is 12.3. The molecule has 1 amide bonds. The molecule has 116 valence electrons. The van der Waals surface area contributed by atoms with E-state index in [4.69, 9.17) is 4.74 Å². The number of carbonyl (C=O) groups is 1. The van der Waals surface area contributed by atoms with E-state index in [1.165, 1.54) is 17.7 Å². The van der Waals surface area contributed by atoms with Crippen LogP contribution in [0.2, 0.25) is 0 Å². The molecule has 0 spiro atoms. The van der Waals surface area contributed by atoms with Gasteiger partial charge in [0.25, 0.3) is 5.91 Å². The van der Waals surface area contributed by atoms with Crippen LogP contribution in [0, 0.1) is 0 Å². The lowest BCUT2D eigenvalue weighted by molar-refractivity contribution is 0.0776. The molecule has 1 aliphatic heterocycles. The van der Waals surface area contributed by atoms with Gasteiger partial charge in [-0.1, -0.05) is 6.07 Å². The first-order chi connectivity index (χ1) is 10.6. The summed E-state index contributed by atoms with van der Waals surface area (Å²) in [6, 6.07) is 5.56. The summed E-state index contributed by atoms with van der Waals surface area (Å²) >= 11 is 1.47. The minimum Gasteiger partial charge on any atom is -0.472 e. The van der Waals surface area contributed by atoms with E-state index in [2.05, 4.69) is 9.97 Å². The number of thiophene rings is 1. The van der Waals surface area contributed by atoms with Crippen LogP contribution in [0.1, 0.15) is 16.1 Å². The van der Waals surface area contributed by atoms with Gasteiger partial charge in [-0.2, -0.15) is 0 Å². The van der Waals surface area contributed by atoms with Gasteiger partial charge in [-0.3, -0.25) is 4.79 Å². The van der Waals surface area contributed by atoms with Crippen LogP contribution in [0.5, 0.6) is 5.88 Å². The molecule has 2 aromatic rings. The number of hydrogen-bond donors (Lipinski definition) is 0. The maximum absolute atomic E-state index is 12.3. The quantitative estimate of drug-likeness (QED) is 0.862. The third-order valence-corrected chi connectivity index (χ3v) is 4.40. The van der Waals surface area contributed by atoms with E-state index >= 15 is 0 Å². The third-order valence-electron chi connectivity index (χ3n) is 3.54. The highest BCUT2D eigenvalue weighted by Gasteiger charge is 2.29. The van der Waals surface area contributed by atoms with Gasteiger partial charge in [0.05, 0.1) is 11.4 Å². The monoisotopic (exact) mass is 318 g/mol.